The highest BCUT2D eigenvalue weighted by atomic mass is 32.2. The molecule has 1 amide bonds. The quantitative estimate of drug-likeness (QED) is 0.839. The minimum atomic E-state index is -3.55. The van der Waals surface area contributed by atoms with Gasteiger partial charge < -0.3 is 14.7 Å². The predicted molar refractivity (Wildman–Crippen MR) is 91.7 cm³/mol. The number of carbonyl (C=O) groups is 1. The molecule has 25 heavy (non-hydrogen) atoms. The van der Waals surface area contributed by atoms with Crippen LogP contribution in [-0.4, -0.2) is 74.6 Å². The number of piperidine rings is 1. The van der Waals surface area contributed by atoms with E-state index in [1.54, 1.807) is 17.0 Å². The molecule has 2 saturated heterocycles. The van der Waals surface area contributed by atoms with Gasteiger partial charge in [0.1, 0.15) is 0 Å². The summed E-state index contributed by atoms with van der Waals surface area (Å²) in [6, 6.07) is 6.12. The van der Waals surface area contributed by atoms with Gasteiger partial charge in [0.2, 0.25) is 10.0 Å². The van der Waals surface area contributed by atoms with E-state index in [0.717, 1.165) is 12.8 Å². The van der Waals surface area contributed by atoms with Crippen molar-refractivity contribution in [3.8, 4) is 0 Å². The van der Waals surface area contributed by atoms with Crippen molar-refractivity contribution in [3.05, 3.63) is 29.8 Å². The second-order valence-corrected chi connectivity index (χ2v) is 8.42. The Hall–Kier alpha value is -1.48. The molecule has 1 aromatic rings. The summed E-state index contributed by atoms with van der Waals surface area (Å²) < 4.78 is 31.8. The highest BCUT2D eigenvalue weighted by Crippen LogP contribution is 2.21. The number of aliphatic hydroxyl groups is 1. The van der Waals surface area contributed by atoms with Crippen LogP contribution >= 0.6 is 0 Å². The number of likely N-dealkylation sites (tertiary alicyclic amines) is 1. The maximum Gasteiger partial charge on any atom is 0.253 e. The first kappa shape index (κ1) is 18.3. The van der Waals surface area contributed by atoms with E-state index in [2.05, 4.69) is 0 Å². The van der Waals surface area contributed by atoms with Gasteiger partial charge in [0, 0.05) is 38.3 Å². The van der Waals surface area contributed by atoms with Crippen molar-refractivity contribution in [2.45, 2.75) is 17.7 Å². The molecule has 1 unspecified atom stereocenters. The Kier molecular flexibility index (Phi) is 5.73. The van der Waals surface area contributed by atoms with Crippen LogP contribution in [0.5, 0.6) is 0 Å². The van der Waals surface area contributed by atoms with Crippen molar-refractivity contribution >= 4 is 15.9 Å². The molecule has 0 aliphatic carbocycles. The number of carbonyl (C=O) groups excluding carboxylic acids is 1. The molecular weight excluding hydrogens is 344 g/mol. The Morgan fingerprint density at radius 3 is 2.48 bits per heavy atom. The summed E-state index contributed by atoms with van der Waals surface area (Å²) in [6.07, 6.45) is 1.80. The number of rotatable bonds is 4. The standard InChI is InChI=1S/C17H24N2O5S/c20-13-14-2-1-7-18(12-14)17(21)15-3-5-16(6-4-15)25(22,23)19-8-10-24-11-9-19/h3-6,14,20H,1-2,7-13H2. The first-order valence-electron chi connectivity index (χ1n) is 8.60. The summed E-state index contributed by atoms with van der Waals surface area (Å²) in [5.41, 5.74) is 0.472. The monoisotopic (exact) mass is 368 g/mol. The zero-order valence-corrected chi connectivity index (χ0v) is 15.0. The van der Waals surface area contributed by atoms with E-state index in [4.69, 9.17) is 4.74 Å². The molecule has 138 valence electrons. The summed E-state index contributed by atoms with van der Waals surface area (Å²) in [5, 5.41) is 9.29. The van der Waals surface area contributed by atoms with E-state index >= 15 is 0 Å². The van der Waals surface area contributed by atoms with Gasteiger partial charge in [0.25, 0.3) is 5.91 Å². The third-order valence-corrected chi connectivity index (χ3v) is 6.69. The van der Waals surface area contributed by atoms with Crippen LogP contribution < -0.4 is 0 Å². The van der Waals surface area contributed by atoms with E-state index < -0.39 is 10.0 Å². The Morgan fingerprint density at radius 1 is 1.16 bits per heavy atom. The summed E-state index contributed by atoms with van der Waals surface area (Å²) in [7, 11) is -3.55. The Bertz CT molecular complexity index is 698. The second-order valence-electron chi connectivity index (χ2n) is 6.48. The number of amides is 1. The largest absolute Gasteiger partial charge is 0.396 e. The molecule has 1 aromatic carbocycles. The fourth-order valence-corrected chi connectivity index (χ4v) is 4.69. The van der Waals surface area contributed by atoms with E-state index in [0.29, 0.717) is 45.0 Å². The smallest absolute Gasteiger partial charge is 0.253 e. The minimum Gasteiger partial charge on any atom is -0.396 e. The molecule has 0 saturated carbocycles. The van der Waals surface area contributed by atoms with Crippen LogP contribution in [-0.2, 0) is 14.8 Å². The van der Waals surface area contributed by atoms with Crippen LogP contribution in [0.1, 0.15) is 23.2 Å². The van der Waals surface area contributed by atoms with E-state index in [-0.39, 0.29) is 23.3 Å². The fraction of sp³-hybridized carbons (Fsp3) is 0.588. The van der Waals surface area contributed by atoms with Gasteiger partial charge in [-0.3, -0.25) is 4.79 Å². The number of benzene rings is 1. The van der Waals surface area contributed by atoms with Crippen molar-refractivity contribution in [1.29, 1.82) is 0 Å². The lowest BCUT2D eigenvalue weighted by Gasteiger charge is -2.32. The van der Waals surface area contributed by atoms with Crippen LogP contribution in [0.25, 0.3) is 0 Å². The lowest BCUT2D eigenvalue weighted by atomic mass is 9.98. The first-order chi connectivity index (χ1) is 12.0. The third kappa shape index (κ3) is 4.03. The number of morpholine rings is 1. The number of nitrogens with zero attached hydrogens (tertiary/aromatic N) is 2. The lowest BCUT2D eigenvalue weighted by molar-refractivity contribution is 0.0620. The van der Waals surface area contributed by atoms with Crippen molar-refractivity contribution in [3.63, 3.8) is 0 Å². The molecule has 8 heteroatoms. The molecular formula is C17H24N2O5S. The molecule has 0 aromatic heterocycles. The minimum absolute atomic E-state index is 0.0838. The lowest BCUT2D eigenvalue weighted by Crippen LogP contribution is -2.41. The number of aliphatic hydroxyl groups excluding tert-OH is 1. The van der Waals surface area contributed by atoms with Gasteiger partial charge in [-0.05, 0) is 43.0 Å². The molecule has 2 heterocycles. The highest BCUT2D eigenvalue weighted by Gasteiger charge is 2.27. The normalized spacial score (nSPS) is 22.8. The summed E-state index contributed by atoms with van der Waals surface area (Å²) in [6.45, 7) is 2.79. The maximum atomic E-state index is 12.6. The van der Waals surface area contributed by atoms with Crippen LogP contribution in [0.4, 0.5) is 0 Å². The third-order valence-electron chi connectivity index (χ3n) is 4.77. The van der Waals surface area contributed by atoms with Crippen molar-refractivity contribution in [2.75, 3.05) is 46.0 Å². The number of hydrogen-bond acceptors (Lipinski definition) is 5. The topological polar surface area (TPSA) is 87.2 Å². The van der Waals surface area contributed by atoms with E-state index in [1.807, 2.05) is 0 Å². The van der Waals surface area contributed by atoms with Crippen LogP contribution in [0.15, 0.2) is 29.2 Å². The highest BCUT2D eigenvalue weighted by molar-refractivity contribution is 7.89. The van der Waals surface area contributed by atoms with Crippen LogP contribution in [0.3, 0.4) is 0 Å². The van der Waals surface area contributed by atoms with E-state index in [9.17, 15) is 18.3 Å². The molecule has 2 aliphatic heterocycles. The number of hydrogen-bond donors (Lipinski definition) is 1. The van der Waals surface area contributed by atoms with Gasteiger partial charge in [-0.25, -0.2) is 8.42 Å². The molecule has 7 nitrogen and oxygen atoms in total. The van der Waals surface area contributed by atoms with Crippen molar-refractivity contribution < 1.29 is 23.1 Å². The molecule has 0 radical (unpaired) electrons. The second kappa shape index (κ2) is 7.82. The Morgan fingerprint density at radius 2 is 1.84 bits per heavy atom. The van der Waals surface area contributed by atoms with Crippen molar-refractivity contribution in [1.82, 2.24) is 9.21 Å². The number of ether oxygens (including phenoxy) is 1. The summed E-state index contributed by atoms with van der Waals surface area (Å²) >= 11 is 0. The molecule has 1 N–H and O–H groups in total. The Labute approximate surface area is 148 Å². The fourth-order valence-electron chi connectivity index (χ4n) is 3.29. The molecule has 0 spiro atoms. The van der Waals surface area contributed by atoms with E-state index in [1.165, 1.54) is 16.4 Å². The molecule has 3 rings (SSSR count). The average molecular weight is 368 g/mol. The molecule has 1 atom stereocenters. The summed E-state index contributed by atoms with van der Waals surface area (Å²) in [5.74, 6) is 0.00661. The van der Waals surface area contributed by atoms with Gasteiger partial charge >= 0.3 is 0 Å². The molecule has 2 fully saturated rings. The zero-order chi connectivity index (χ0) is 17.9. The SMILES string of the molecule is O=C(c1ccc(S(=O)(=O)N2CCOCC2)cc1)N1CCCC(CO)C1. The molecule has 2 aliphatic rings. The predicted octanol–water partition coefficient (Wildman–Crippen LogP) is 0.552. The summed E-state index contributed by atoms with van der Waals surface area (Å²) in [4.78, 5) is 14.5. The van der Waals surface area contributed by atoms with Crippen LogP contribution in [0.2, 0.25) is 0 Å². The maximum absolute atomic E-state index is 12.6. The Balaban J connectivity index is 1.72. The van der Waals surface area contributed by atoms with Gasteiger partial charge in [-0.1, -0.05) is 0 Å². The van der Waals surface area contributed by atoms with Crippen LogP contribution in [0, 0.1) is 5.92 Å². The zero-order valence-electron chi connectivity index (χ0n) is 14.1. The van der Waals surface area contributed by atoms with Crippen molar-refractivity contribution in [2.24, 2.45) is 5.92 Å². The van der Waals surface area contributed by atoms with Gasteiger partial charge in [-0.15, -0.1) is 0 Å². The van der Waals surface area contributed by atoms with Gasteiger partial charge in [0.05, 0.1) is 18.1 Å². The number of sulfonamides is 1. The average Bonchev–Trinajstić information content (AvgIpc) is 2.68. The molecule has 0 bridgehead atoms. The van der Waals surface area contributed by atoms with Gasteiger partial charge in [-0.2, -0.15) is 4.31 Å². The van der Waals surface area contributed by atoms with Gasteiger partial charge in [0.15, 0.2) is 0 Å². The first-order valence-corrected chi connectivity index (χ1v) is 10.0.